The van der Waals surface area contributed by atoms with Gasteiger partial charge < -0.3 is 0 Å². The molecule has 0 aromatic rings. The Hall–Kier alpha value is 0. The van der Waals surface area contributed by atoms with E-state index in [1.165, 1.54) is 70.6 Å². The summed E-state index contributed by atoms with van der Waals surface area (Å²) in [5, 5.41) is 0. The van der Waals surface area contributed by atoms with E-state index in [9.17, 15) is 0 Å². The number of hydrogen-bond acceptors (Lipinski definition) is 0. The summed E-state index contributed by atoms with van der Waals surface area (Å²) in [6.45, 7) is 4.79. The van der Waals surface area contributed by atoms with Gasteiger partial charge in [-0.25, -0.2) is 0 Å². The second-order valence-corrected chi connectivity index (χ2v) is 5.58. The second kappa shape index (κ2) is 8.19. The van der Waals surface area contributed by atoms with Crippen LogP contribution in [-0.4, -0.2) is 0 Å². The van der Waals surface area contributed by atoms with Gasteiger partial charge in [-0.15, -0.1) is 0 Å². The van der Waals surface area contributed by atoms with E-state index < -0.39 is 0 Å². The molecule has 0 aliphatic heterocycles. The SMILES string of the molecule is CCCCCCCC(C)C1CCCCC1. The molecule has 0 heteroatoms. The molecule has 0 saturated heterocycles. The average molecular weight is 210 g/mol. The summed E-state index contributed by atoms with van der Waals surface area (Å²) in [5.74, 6) is 2.08. The Bertz CT molecular complexity index is 133. The molecule has 0 radical (unpaired) electrons. The van der Waals surface area contributed by atoms with Gasteiger partial charge in [0.05, 0.1) is 0 Å². The third-order valence-electron chi connectivity index (χ3n) is 4.22. The summed E-state index contributed by atoms with van der Waals surface area (Å²) in [6.07, 6.45) is 16.3. The molecule has 0 spiro atoms. The lowest BCUT2D eigenvalue weighted by molar-refractivity contribution is 0.247. The maximum atomic E-state index is 2.50. The lowest BCUT2D eigenvalue weighted by Crippen LogP contribution is -2.15. The minimum atomic E-state index is 1.01. The van der Waals surface area contributed by atoms with Gasteiger partial charge in [-0.05, 0) is 11.8 Å². The zero-order valence-electron chi connectivity index (χ0n) is 10.9. The molecule has 1 unspecified atom stereocenters. The minimum absolute atomic E-state index is 1.01. The van der Waals surface area contributed by atoms with Crippen molar-refractivity contribution in [2.75, 3.05) is 0 Å². The highest BCUT2D eigenvalue weighted by Gasteiger charge is 2.19. The molecule has 0 aromatic carbocycles. The lowest BCUT2D eigenvalue weighted by atomic mass is 9.79. The highest BCUT2D eigenvalue weighted by atomic mass is 14.2. The van der Waals surface area contributed by atoms with Crippen molar-refractivity contribution in [2.24, 2.45) is 11.8 Å². The van der Waals surface area contributed by atoms with Crippen LogP contribution in [0.4, 0.5) is 0 Å². The Morgan fingerprint density at radius 3 is 2.27 bits per heavy atom. The minimum Gasteiger partial charge on any atom is -0.0654 e. The van der Waals surface area contributed by atoms with Crippen LogP contribution in [0, 0.1) is 11.8 Å². The summed E-state index contributed by atoms with van der Waals surface area (Å²) in [7, 11) is 0. The summed E-state index contributed by atoms with van der Waals surface area (Å²) < 4.78 is 0. The molecule has 0 nitrogen and oxygen atoms in total. The van der Waals surface area contributed by atoms with Crippen molar-refractivity contribution in [3.63, 3.8) is 0 Å². The fourth-order valence-electron chi connectivity index (χ4n) is 3.01. The molecule has 1 aliphatic carbocycles. The highest BCUT2D eigenvalue weighted by molar-refractivity contribution is 4.71. The maximum absolute atomic E-state index is 2.50. The fraction of sp³-hybridized carbons (Fsp3) is 1.00. The van der Waals surface area contributed by atoms with Crippen molar-refractivity contribution in [3.05, 3.63) is 0 Å². The van der Waals surface area contributed by atoms with Gasteiger partial charge in [-0.1, -0.05) is 84.5 Å². The predicted octanol–water partition coefficient (Wildman–Crippen LogP) is 5.56. The maximum Gasteiger partial charge on any atom is -0.0388 e. The lowest BCUT2D eigenvalue weighted by Gasteiger charge is -2.27. The van der Waals surface area contributed by atoms with E-state index in [2.05, 4.69) is 13.8 Å². The van der Waals surface area contributed by atoms with E-state index >= 15 is 0 Å². The van der Waals surface area contributed by atoms with Crippen molar-refractivity contribution in [3.8, 4) is 0 Å². The van der Waals surface area contributed by atoms with Crippen LogP contribution < -0.4 is 0 Å². The van der Waals surface area contributed by atoms with E-state index in [4.69, 9.17) is 0 Å². The van der Waals surface area contributed by atoms with Gasteiger partial charge in [-0.2, -0.15) is 0 Å². The topological polar surface area (TPSA) is 0 Å². The first-order valence-electron chi connectivity index (χ1n) is 7.34. The molecule has 1 aliphatic rings. The van der Waals surface area contributed by atoms with Crippen LogP contribution >= 0.6 is 0 Å². The fourth-order valence-corrected chi connectivity index (χ4v) is 3.01. The number of rotatable bonds is 7. The zero-order valence-corrected chi connectivity index (χ0v) is 10.9. The second-order valence-electron chi connectivity index (χ2n) is 5.58. The first-order chi connectivity index (χ1) is 7.34. The van der Waals surface area contributed by atoms with Crippen LogP contribution in [0.25, 0.3) is 0 Å². The molecular formula is C15H30. The zero-order chi connectivity index (χ0) is 10.9. The van der Waals surface area contributed by atoms with Gasteiger partial charge in [0.15, 0.2) is 0 Å². The van der Waals surface area contributed by atoms with Crippen molar-refractivity contribution < 1.29 is 0 Å². The Labute approximate surface area is 96.8 Å². The largest absolute Gasteiger partial charge is 0.0654 e. The third-order valence-corrected chi connectivity index (χ3v) is 4.22. The first kappa shape index (κ1) is 13.1. The van der Waals surface area contributed by atoms with Crippen molar-refractivity contribution in [2.45, 2.75) is 84.5 Å². The monoisotopic (exact) mass is 210 g/mol. The van der Waals surface area contributed by atoms with E-state index in [0.29, 0.717) is 0 Å². The normalized spacial score (nSPS) is 20.4. The summed E-state index contributed by atoms with van der Waals surface area (Å²) in [6, 6.07) is 0. The van der Waals surface area contributed by atoms with Gasteiger partial charge in [-0.3, -0.25) is 0 Å². The van der Waals surface area contributed by atoms with Crippen molar-refractivity contribution in [1.82, 2.24) is 0 Å². The molecule has 1 saturated carbocycles. The Kier molecular flexibility index (Phi) is 7.13. The number of unbranched alkanes of at least 4 members (excludes halogenated alkanes) is 4. The molecule has 1 atom stereocenters. The van der Waals surface area contributed by atoms with Gasteiger partial charge in [0, 0.05) is 0 Å². The first-order valence-corrected chi connectivity index (χ1v) is 7.34. The molecule has 90 valence electrons. The van der Waals surface area contributed by atoms with Crippen LogP contribution in [-0.2, 0) is 0 Å². The molecule has 15 heavy (non-hydrogen) atoms. The van der Waals surface area contributed by atoms with E-state index in [1.54, 1.807) is 0 Å². The molecule has 0 N–H and O–H groups in total. The number of hydrogen-bond donors (Lipinski definition) is 0. The highest BCUT2D eigenvalue weighted by Crippen LogP contribution is 2.32. The Morgan fingerprint density at radius 1 is 0.933 bits per heavy atom. The van der Waals surface area contributed by atoms with Crippen LogP contribution in [0.5, 0.6) is 0 Å². The summed E-state index contributed by atoms with van der Waals surface area (Å²) in [5.41, 5.74) is 0. The average Bonchev–Trinajstić information content (AvgIpc) is 2.30. The summed E-state index contributed by atoms with van der Waals surface area (Å²) in [4.78, 5) is 0. The summed E-state index contributed by atoms with van der Waals surface area (Å²) >= 11 is 0. The molecular weight excluding hydrogens is 180 g/mol. The van der Waals surface area contributed by atoms with Crippen LogP contribution in [0.1, 0.15) is 84.5 Å². The van der Waals surface area contributed by atoms with Gasteiger partial charge in [0.1, 0.15) is 0 Å². The third kappa shape index (κ3) is 5.58. The standard InChI is InChI=1S/C15H30/c1-3-4-5-6-8-11-14(2)15-12-9-7-10-13-15/h14-15H,3-13H2,1-2H3. The van der Waals surface area contributed by atoms with E-state index in [-0.39, 0.29) is 0 Å². The van der Waals surface area contributed by atoms with Gasteiger partial charge in [0.2, 0.25) is 0 Å². The van der Waals surface area contributed by atoms with Crippen molar-refractivity contribution in [1.29, 1.82) is 0 Å². The molecule has 0 amide bonds. The Morgan fingerprint density at radius 2 is 1.60 bits per heavy atom. The molecule has 0 bridgehead atoms. The predicted molar refractivity (Wildman–Crippen MR) is 69.1 cm³/mol. The van der Waals surface area contributed by atoms with Crippen LogP contribution in [0.15, 0.2) is 0 Å². The van der Waals surface area contributed by atoms with Gasteiger partial charge >= 0.3 is 0 Å². The molecule has 1 rings (SSSR count). The van der Waals surface area contributed by atoms with Crippen LogP contribution in [0.2, 0.25) is 0 Å². The molecule has 0 heterocycles. The van der Waals surface area contributed by atoms with Gasteiger partial charge in [0.25, 0.3) is 0 Å². The smallest absolute Gasteiger partial charge is 0.0388 e. The Balaban J connectivity index is 1.99. The quantitative estimate of drug-likeness (QED) is 0.482. The van der Waals surface area contributed by atoms with E-state index in [1.807, 2.05) is 0 Å². The van der Waals surface area contributed by atoms with E-state index in [0.717, 1.165) is 11.8 Å². The van der Waals surface area contributed by atoms with Crippen LogP contribution in [0.3, 0.4) is 0 Å². The van der Waals surface area contributed by atoms with Crippen molar-refractivity contribution >= 4 is 0 Å². The molecule has 1 fully saturated rings. The molecule has 0 aromatic heterocycles.